The summed E-state index contributed by atoms with van der Waals surface area (Å²) in [4.78, 5) is 12.6. The number of benzene rings is 1. The molecule has 1 fully saturated rings. The Balaban J connectivity index is 2.17. The van der Waals surface area contributed by atoms with Gasteiger partial charge in [0.25, 0.3) is 0 Å². The number of amides is 1. The number of carbonyl (C=O) groups excluding carboxylic acids is 1. The van der Waals surface area contributed by atoms with Crippen molar-refractivity contribution < 1.29 is 22.7 Å². The molecule has 1 aromatic rings. The van der Waals surface area contributed by atoms with Gasteiger partial charge in [-0.2, -0.15) is 4.31 Å². The average molecular weight is 413 g/mol. The van der Waals surface area contributed by atoms with E-state index >= 15 is 0 Å². The van der Waals surface area contributed by atoms with Crippen LogP contribution in [0.15, 0.2) is 23.1 Å². The molecule has 1 aromatic carbocycles. The van der Waals surface area contributed by atoms with Crippen LogP contribution in [-0.4, -0.2) is 59.1 Å². The van der Waals surface area contributed by atoms with Crippen molar-refractivity contribution in [3.05, 3.63) is 23.8 Å². The van der Waals surface area contributed by atoms with Crippen molar-refractivity contribution in [2.75, 3.05) is 40.5 Å². The zero-order valence-corrected chi connectivity index (χ0v) is 18.0. The first-order valence-electron chi connectivity index (χ1n) is 9.76. The van der Waals surface area contributed by atoms with Crippen molar-refractivity contribution in [2.24, 2.45) is 5.92 Å². The molecular weight excluding hydrogens is 380 g/mol. The first-order chi connectivity index (χ1) is 13.3. The fraction of sp³-hybridized carbons (Fsp3) is 0.650. The van der Waals surface area contributed by atoms with Gasteiger partial charge in [0, 0.05) is 33.4 Å². The van der Waals surface area contributed by atoms with Crippen molar-refractivity contribution in [3.63, 3.8) is 0 Å². The van der Waals surface area contributed by atoms with Gasteiger partial charge in [-0.25, -0.2) is 8.42 Å². The van der Waals surface area contributed by atoms with Gasteiger partial charge in [-0.3, -0.25) is 4.79 Å². The molecule has 0 bridgehead atoms. The Hall–Kier alpha value is -1.64. The topological polar surface area (TPSA) is 84.9 Å². The molecule has 0 unspecified atom stereocenters. The molecule has 1 heterocycles. The van der Waals surface area contributed by atoms with E-state index in [0.29, 0.717) is 38.3 Å². The molecule has 1 aliphatic rings. The van der Waals surface area contributed by atoms with Crippen LogP contribution in [0.4, 0.5) is 0 Å². The van der Waals surface area contributed by atoms with Crippen LogP contribution in [0, 0.1) is 5.92 Å². The van der Waals surface area contributed by atoms with E-state index < -0.39 is 10.0 Å². The normalized spacial score (nSPS) is 18.2. The van der Waals surface area contributed by atoms with Crippen LogP contribution < -0.4 is 10.1 Å². The minimum Gasteiger partial charge on any atom is -0.495 e. The highest BCUT2D eigenvalue weighted by Crippen LogP contribution is 2.32. The maximum absolute atomic E-state index is 13.3. The Bertz CT molecular complexity index is 764. The molecule has 1 saturated heterocycles. The Labute approximate surface area is 168 Å². The molecule has 158 valence electrons. The molecule has 7 nitrogen and oxygen atoms in total. The van der Waals surface area contributed by atoms with Gasteiger partial charge in [0.1, 0.15) is 10.6 Å². The van der Waals surface area contributed by atoms with Crippen LogP contribution in [0.25, 0.3) is 0 Å². The number of nitrogens with zero attached hydrogens (tertiary/aromatic N) is 1. The Morgan fingerprint density at radius 1 is 1.32 bits per heavy atom. The summed E-state index contributed by atoms with van der Waals surface area (Å²) in [5.74, 6) is 0.0895. The lowest BCUT2D eigenvalue weighted by molar-refractivity contribution is -0.126. The summed E-state index contributed by atoms with van der Waals surface area (Å²) < 4.78 is 38.3. The second kappa shape index (κ2) is 10.2. The number of carbonyl (C=O) groups is 1. The van der Waals surface area contributed by atoms with Gasteiger partial charge in [0.15, 0.2) is 0 Å². The van der Waals surface area contributed by atoms with Crippen molar-refractivity contribution in [2.45, 2.75) is 43.9 Å². The van der Waals surface area contributed by atoms with Crippen LogP contribution in [0.5, 0.6) is 5.75 Å². The fourth-order valence-electron chi connectivity index (χ4n) is 3.34. The molecule has 0 saturated carbocycles. The van der Waals surface area contributed by atoms with E-state index in [-0.39, 0.29) is 29.2 Å². The lowest BCUT2D eigenvalue weighted by Crippen LogP contribution is -2.45. The lowest BCUT2D eigenvalue weighted by Gasteiger charge is -2.31. The number of piperidine rings is 1. The Kier molecular flexibility index (Phi) is 8.27. The highest BCUT2D eigenvalue weighted by atomic mass is 32.2. The zero-order valence-electron chi connectivity index (χ0n) is 17.2. The van der Waals surface area contributed by atoms with Crippen LogP contribution in [0.1, 0.15) is 44.6 Å². The minimum atomic E-state index is -3.75. The van der Waals surface area contributed by atoms with E-state index in [1.165, 1.54) is 11.4 Å². The number of hydrogen-bond donors (Lipinski definition) is 1. The standard InChI is InChI=1S/C20H32N2O5S/c1-15(2)16-8-9-18(27-4)19(13-16)28(24,25)22-11-5-7-17(14-22)20(23)21-10-6-12-26-3/h8-9,13,15,17H,5-7,10-12,14H2,1-4H3,(H,21,23)/t17-/m1/s1. The summed E-state index contributed by atoms with van der Waals surface area (Å²) in [6.07, 6.45) is 2.07. The molecule has 28 heavy (non-hydrogen) atoms. The van der Waals surface area contributed by atoms with Gasteiger partial charge in [-0.1, -0.05) is 19.9 Å². The van der Waals surface area contributed by atoms with E-state index in [4.69, 9.17) is 9.47 Å². The molecule has 0 aliphatic carbocycles. The summed E-state index contributed by atoms with van der Waals surface area (Å²) in [5, 5.41) is 2.88. The third-order valence-electron chi connectivity index (χ3n) is 5.05. The van der Waals surface area contributed by atoms with Crippen molar-refractivity contribution in [3.8, 4) is 5.75 Å². The van der Waals surface area contributed by atoms with E-state index in [9.17, 15) is 13.2 Å². The predicted octanol–water partition coefficient (Wildman–Crippen LogP) is 2.37. The molecular formula is C20H32N2O5S. The summed E-state index contributed by atoms with van der Waals surface area (Å²) in [6, 6.07) is 5.27. The molecule has 1 atom stereocenters. The van der Waals surface area contributed by atoms with E-state index in [1.54, 1.807) is 19.2 Å². The second-order valence-corrected chi connectivity index (χ2v) is 9.31. The quantitative estimate of drug-likeness (QED) is 0.630. The van der Waals surface area contributed by atoms with Gasteiger partial charge in [0.05, 0.1) is 13.0 Å². The molecule has 1 amide bonds. The van der Waals surface area contributed by atoms with Crippen LogP contribution in [0.2, 0.25) is 0 Å². The number of nitrogens with one attached hydrogen (secondary N) is 1. The highest BCUT2D eigenvalue weighted by molar-refractivity contribution is 7.89. The van der Waals surface area contributed by atoms with Gasteiger partial charge in [0.2, 0.25) is 15.9 Å². The van der Waals surface area contributed by atoms with Gasteiger partial charge >= 0.3 is 0 Å². The Morgan fingerprint density at radius 3 is 2.71 bits per heavy atom. The molecule has 0 spiro atoms. The summed E-state index contributed by atoms with van der Waals surface area (Å²) in [5.41, 5.74) is 0.934. The number of hydrogen-bond acceptors (Lipinski definition) is 5. The summed E-state index contributed by atoms with van der Waals surface area (Å²) >= 11 is 0. The summed E-state index contributed by atoms with van der Waals surface area (Å²) in [6.45, 7) is 5.74. The fourth-order valence-corrected chi connectivity index (χ4v) is 5.05. The van der Waals surface area contributed by atoms with Gasteiger partial charge < -0.3 is 14.8 Å². The zero-order chi connectivity index (χ0) is 20.7. The number of ether oxygens (including phenoxy) is 2. The van der Waals surface area contributed by atoms with E-state index in [0.717, 1.165) is 12.0 Å². The predicted molar refractivity (Wildman–Crippen MR) is 108 cm³/mol. The molecule has 2 rings (SSSR count). The largest absolute Gasteiger partial charge is 0.495 e. The first kappa shape index (κ1) is 22.6. The number of methoxy groups -OCH3 is 2. The maximum Gasteiger partial charge on any atom is 0.246 e. The monoisotopic (exact) mass is 412 g/mol. The van der Waals surface area contributed by atoms with Crippen LogP contribution >= 0.6 is 0 Å². The van der Waals surface area contributed by atoms with Crippen molar-refractivity contribution >= 4 is 15.9 Å². The molecule has 1 N–H and O–H groups in total. The number of rotatable bonds is 9. The molecule has 8 heteroatoms. The molecule has 1 aliphatic heterocycles. The van der Waals surface area contributed by atoms with Crippen molar-refractivity contribution in [1.82, 2.24) is 9.62 Å². The van der Waals surface area contributed by atoms with Crippen LogP contribution in [-0.2, 0) is 19.6 Å². The SMILES string of the molecule is COCCCNC(=O)[C@@H]1CCCN(S(=O)(=O)c2cc(C(C)C)ccc2OC)C1. The smallest absolute Gasteiger partial charge is 0.246 e. The van der Waals surface area contributed by atoms with Gasteiger partial charge in [-0.15, -0.1) is 0 Å². The van der Waals surface area contributed by atoms with E-state index in [2.05, 4.69) is 5.32 Å². The average Bonchev–Trinajstić information content (AvgIpc) is 2.70. The molecule has 0 radical (unpaired) electrons. The number of sulfonamides is 1. The highest BCUT2D eigenvalue weighted by Gasteiger charge is 2.35. The van der Waals surface area contributed by atoms with Crippen molar-refractivity contribution in [1.29, 1.82) is 0 Å². The maximum atomic E-state index is 13.3. The van der Waals surface area contributed by atoms with E-state index in [1.807, 2.05) is 19.9 Å². The third kappa shape index (κ3) is 5.46. The first-order valence-corrected chi connectivity index (χ1v) is 11.2. The van der Waals surface area contributed by atoms with Gasteiger partial charge in [-0.05, 0) is 42.9 Å². The summed E-state index contributed by atoms with van der Waals surface area (Å²) in [7, 11) is -0.661. The Morgan fingerprint density at radius 2 is 2.07 bits per heavy atom. The lowest BCUT2D eigenvalue weighted by atomic mass is 9.99. The second-order valence-electron chi connectivity index (χ2n) is 7.40. The third-order valence-corrected chi connectivity index (χ3v) is 6.94. The minimum absolute atomic E-state index is 0.0982. The van der Waals surface area contributed by atoms with Crippen LogP contribution in [0.3, 0.4) is 0 Å². The molecule has 0 aromatic heterocycles.